The monoisotopic (exact) mass is 453 g/mol. The van der Waals surface area contributed by atoms with E-state index in [9.17, 15) is 19.1 Å². The molecule has 4 rings (SSSR count). The highest BCUT2D eigenvalue weighted by atomic mass is 19.1. The van der Waals surface area contributed by atoms with Gasteiger partial charge in [-0.25, -0.2) is 9.18 Å². The largest absolute Gasteiger partial charge is 0.480 e. The standard InChI is InChI=1S/C29H24FNO3/c30-25-19-11-10-12-21(25)20-26(27(32)33)31-28(34)29(22-13-4-1-5-14-22,23-15-6-2-7-16-23)24-17-8-3-9-18-24/h1-19,26H,20H2,(H,31,34)(H,32,33)/t26-/m1/s1. The number of hydrogen-bond acceptors (Lipinski definition) is 2. The lowest BCUT2D eigenvalue weighted by molar-refractivity contribution is -0.142. The molecular weight excluding hydrogens is 429 g/mol. The van der Waals surface area contributed by atoms with Crippen LogP contribution >= 0.6 is 0 Å². The van der Waals surface area contributed by atoms with Crippen LogP contribution in [0.2, 0.25) is 0 Å². The Labute approximate surface area is 197 Å². The van der Waals surface area contributed by atoms with E-state index in [-0.39, 0.29) is 12.0 Å². The Morgan fingerprint density at radius 1 is 0.706 bits per heavy atom. The predicted octanol–water partition coefficient (Wildman–Crippen LogP) is 4.97. The van der Waals surface area contributed by atoms with Crippen molar-refractivity contribution in [3.05, 3.63) is 143 Å². The van der Waals surface area contributed by atoms with Crippen LogP contribution in [0.1, 0.15) is 22.3 Å². The molecule has 0 aromatic heterocycles. The number of aliphatic carboxylic acids is 1. The van der Waals surface area contributed by atoms with Crippen LogP contribution in [0.3, 0.4) is 0 Å². The average Bonchev–Trinajstić information content (AvgIpc) is 2.87. The van der Waals surface area contributed by atoms with Crippen LogP contribution in [0, 0.1) is 5.82 Å². The summed E-state index contributed by atoms with van der Waals surface area (Å²) in [6.07, 6.45) is -0.178. The summed E-state index contributed by atoms with van der Waals surface area (Å²) < 4.78 is 14.3. The normalized spacial score (nSPS) is 12.0. The Hall–Kier alpha value is -4.25. The van der Waals surface area contributed by atoms with Gasteiger partial charge in [-0.15, -0.1) is 0 Å². The summed E-state index contributed by atoms with van der Waals surface area (Å²) >= 11 is 0. The van der Waals surface area contributed by atoms with Crippen molar-refractivity contribution in [3.8, 4) is 0 Å². The maximum Gasteiger partial charge on any atom is 0.326 e. The van der Waals surface area contributed by atoms with E-state index in [1.165, 1.54) is 12.1 Å². The van der Waals surface area contributed by atoms with Crippen LogP contribution in [-0.2, 0) is 21.4 Å². The number of benzene rings is 4. The van der Waals surface area contributed by atoms with Crippen molar-refractivity contribution in [2.75, 3.05) is 0 Å². The summed E-state index contributed by atoms with van der Waals surface area (Å²) in [4.78, 5) is 26.3. The maximum atomic E-state index is 14.3. The molecule has 2 N–H and O–H groups in total. The molecule has 0 aliphatic heterocycles. The van der Waals surface area contributed by atoms with Gasteiger partial charge in [-0.2, -0.15) is 0 Å². The topological polar surface area (TPSA) is 66.4 Å². The van der Waals surface area contributed by atoms with Gasteiger partial charge in [-0.1, -0.05) is 109 Å². The molecule has 5 heteroatoms. The van der Waals surface area contributed by atoms with Gasteiger partial charge in [0, 0.05) is 6.42 Å². The molecule has 0 radical (unpaired) electrons. The molecule has 0 aliphatic carbocycles. The van der Waals surface area contributed by atoms with E-state index in [2.05, 4.69) is 5.32 Å². The number of carbonyl (C=O) groups excluding carboxylic acids is 1. The van der Waals surface area contributed by atoms with Gasteiger partial charge in [0.1, 0.15) is 17.3 Å². The highest BCUT2D eigenvalue weighted by Gasteiger charge is 2.45. The molecule has 0 bridgehead atoms. The van der Waals surface area contributed by atoms with Crippen LogP contribution in [-0.4, -0.2) is 23.0 Å². The van der Waals surface area contributed by atoms with Crippen LogP contribution in [0.15, 0.2) is 115 Å². The van der Waals surface area contributed by atoms with Crippen LogP contribution < -0.4 is 5.32 Å². The number of hydrogen-bond donors (Lipinski definition) is 2. The van der Waals surface area contributed by atoms with Crippen molar-refractivity contribution in [1.82, 2.24) is 5.32 Å². The molecule has 0 fully saturated rings. The number of halogens is 1. The molecule has 0 saturated carbocycles. The van der Waals surface area contributed by atoms with Crippen molar-refractivity contribution in [1.29, 1.82) is 0 Å². The SMILES string of the molecule is O=C(O)[C@@H](Cc1ccccc1F)NC(=O)C(c1ccccc1)(c1ccccc1)c1ccccc1. The van der Waals surface area contributed by atoms with Crippen molar-refractivity contribution in [2.45, 2.75) is 17.9 Å². The smallest absolute Gasteiger partial charge is 0.326 e. The average molecular weight is 454 g/mol. The third-order valence-electron chi connectivity index (χ3n) is 5.95. The van der Waals surface area contributed by atoms with Crippen LogP contribution in [0.5, 0.6) is 0 Å². The number of amides is 1. The van der Waals surface area contributed by atoms with E-state index in [1.807, 2.05) is 91.0 Å². The summed E-state index contributed by atoms with van der Waals surface area (Å²) in [6, 6.07) is 32.4. The number of carboxylic acids is 1. The molecule has 0 spiro atoms. The number of carboxylic acid groups (broad SMARTS) is 1. The van der Waals surface area contributed by atoms with Crippen LogP contribution in [0.25, 0.3) is 0 Å². The second-order valence-corrected chi connectivity index (χ2v) is 8.01. The molecule has 4 nitrogen and oxygen atoms in total. The molecule has 4 aromatic carbocycles. The fourth-order valence-corrected chi connectivity index (χ4v) is 4.31. The first-order chi connectivity index (χ1) is 16.5. The summed E-state index contributed by atoms with van der Waals surface area (Å²) in [5.74, 6) is -2.25. The zero-order chi connectivity index (χ0) is 24.0. The van der Waals surface area contributed by atoms with Crippen molar-refractivity contribution < 1.29 is 19.1 Å². The third kappa shape index (κ3) is 4.46. The molecule has 0 saturated heterocycles. The van der Waals surface area contributed by atoms with E-state index in [0.29, 0.717) is 16.7 Å². The summed E-state index contributed by atoms with van der Waals surface area (Å²) in [6.45, 7) is 0. The minimum Gasteiger partial charge on any atom is -0.480 e. The Morgan fingerprint density at radius 3 is 1.53 bits per heavy atom. The molecule has 0 unspecified atom stereocenters. The van der Waals surface area contributed by atoms with Gasteiger partial charge in [-0.3, -0.25) is 4.79 Å². The van der Waals surface area contributed by atoms with E-state index in [1.54, 1.807) is 12.1 Å². The Morgan fingerprint density at radius 2 is 1.12 bits per heavy atom. The van der Waals surface area contributed by atoms with Gasteiger partial charge in [0.2, 0.25) is 5.91 Å². The zero-order valence-electron chi connectivity index (χ0n) is 18.4. The van der Waals surface area contributed by atoms with Gasteiger partial charge >= 0.3 is 5.97 Å². The zero-order valence-corrected chi connectivity index (χ0v) is 18.4. The van der Waals surface area contributed by atoms with E-state index >= 15 is 0 Å². The molecule has 34 heavy (non-hydrogen) atoms. The predicted molar refractivity (Wildman–Crippen MR) is 129 cm³/mol. The molecule has 170 valence electrons. The van der Waals surface area contributed by atoms with Gasteiger partial charge in [0.15, 0.2) is 0 Å². The molecular formula is C29H24FNO3. The van der Waals surface area contributed by atoms with Gasteiger partial charge in [-0.05, 0) is 28.3 Å². The second-order valence-electron chi connectivity index (χ2n) is 8.01. The summed E-state index contributed by atoms with van der Waals surface area (Å²) in [5, 5.41) is 12.6. The first-order valence-corrected chi connectivity index (χ1v) is 11.0. The quantitative estimate of drug-likeness (QED) is 0.370. The highest BCUT2D eigenvalue weighted by Crippen LogP contribution is 2.39. The first kappa shape index (κ1) is 22.9. The second kappa shape index (κ2) is 10.1. The molecule has 4 aromatic rings. The van der Waals surface area contributed by atoms with Crippen molar-refractivity contribution >= 4 is 11.9 Å². The van der Waals surface area contributed by atoms with Crippen LogP contribution in [0.4, 0.5) is 4.39 Å². The minimum atomic E-state index is -1.32. The van der Waals surface area contributed by atoms with E-state index in [0.717, 1.165) is 0 Å². The molecule has 0 aliphatic rings. The Kier molecular flexibility index (Phi) is 6.83. The lowest BCUT2D eigenvalue weighted by Crippen LogP contribution is -2.52. The fourth-order valence-electron chi connectivity index (χ4n) is 4.31. The first-order valence-electron chi connectivity index (χ1n) is 11.0. The lowest BCUT2D eigenvalue weighted by Gasteiger charge is -2.35. The number of rotatable bonds is 8. The van der Waals surface area contributed by atoms with Gasteiger partial charge < -0.3 is 10.4 Å². The van der Waals surface area contributed by atoms with E-state index < -0.39 is 29.2 Å². The Bertz CT molecular complexity index is 1160. The van der Waals surface area contributed by atoms with Crippen molar-refractivity contribution in [2.24, 2.45) is 0 Å². The third-order valence-corrected chi connectivity index (χ3v) is 5.95. The highest BCUT2D eigenvalue weighted by molar-refractivity contribution is 5.98. The van der Waals surface area contributed by atoms with Gasteiger partial charge in [0.25, 0.3) is 0 Å². The Balaban J connectivity index is 1.85. The fraction of sp³-hybridized carbons (Fsp3) is 0.103. The lowest BCUT2D eigenvalue weighted by atomic mass is 9.68. The molecule has 1 amide bonds. The molecule has 1 atom stereocenters. The maximum absolute atomic E-state index is 14.3. The van der Waals surface area contributed by atoms with Gasteiger partial charge in [0.05, 0.1) is 0 Å². The van der Waals surface area contributed by atoms with E-state index in [4.69, 9.17) is 0 Å². The summed E-state index contributed by atoms with van der Waals surface area (Å²) in [7, 11) is 0. The van der Waals surface area contributed by atoms with Crippen molar-refractivity contribution in [3.63, 3.8) is 0 Å². The summed E-state index contributed by atoms with van der Waals surface area (Å²) in [5.41, 5.74) is 0.993. The number of nitrogens with one attached hydrogen (secondary N) is 1. The number of carbonyl (C=O) groups is 2. The molecule has 0 heterocycles. The minimum absolute atomic E-state index is 0.178.